The lowest BCUT2D eigenvalue weighted by Gasteiger charge is -2.42. The number of benzene rings is 2. The predicted octanol–water partition coefficient (Wildman–Crippen LogP) is 7.31. The van der Waals surface area contributed by atoms with Gasteiger partial charge >= 0.3 is 0 Å². The molecule has 0 spiro atoms. The zero-order valence-corrected chi connectivity index (χ0v) is 35.6. The minimum Gasteiger partial charge on any atom is -0.301 e. The van der Waals surface area contributed by atoms with Gasteiger partial charge in [-0.2, -0.15) is 0 Å². The van der Waals surface area contributed by atoms with Crippen LogP contribution in [-0.4, -0.2) is 104 Å². The molecule has 4 atom stereocenters. The summed E-state index contributed by atoms with van der Waals surface area (Å²) in [5.74, 6) is 1.84. The van der Waals surface area contributed by atoms with Crippen LogP contribution in [0.15, 0.2) is 54.9 Å². The van der Waals surface area contributed by atoms with Crippen molar-refractivity contribution in [3.8, 4) is 0 Å². The van der Waals surface area contributed by atoms with Gasteiger partial charge in [-0.05, 0) is 91.0 Å². The molecule has 4 aromatic rings. The monoisotopic (exact) mass is 840 g/mol. The van der Waals surface area contributed by atoms with E-state index in [2.05, 4.69) is 93.2 Å². The number of nitrogens with zero attached hydrogens (tertiary/aromatic N) is 8. The first-order valence-electron chi connectivity index (χ1n) is 19.2. The molecule has 0 N–H and O–H groups in total. The molecule has 2 fully saturated rings. The van der Waals surface area contributed by atoms with E-state index >= 15 is 0 Å². The van der Waals surface area contributed by atoms with Crippen LogP contribution in [0.3, 0.4) is 0 Å². The molecule has 0 unspecified atom stereocenters. The quantitative estimate of drug-likeness (QED) is 0.165. The van der Waals surface area contributed by atoms with Crippen molar-refractivity contribution in [2.45, 2.75) is 104 Å². The summed E-state index contributed by atoms with van der Waals surface area (Å²) >= 11 is 6.94. The molecule has 0 amide bonds. The van der Waals surface area contributed by atoms with Gasteiger partial charge in [-0.15, -0.1) is 0 Å². The summed E-state index contributed by atoms with van der Waals surface area (Å²) in [6, 6.07) is 13.0. The van der Waals surface area contributed by atoms with Gasteiger partial charge < -0.3 is 9.80 Å². The highest BCUT2D eigenvalue weighted by Crippen LogP contribution is 2.30. The van der Waals surface area contributed by atoms with Crippen LogP contribution in [-0.2, 0) is 13.1 Å². The van der Waals surface area contributed by atoms with Crippen molar-refractivity contribution < 1.29 is 0 Å². The fourth-order valence-corrected chi connectivity index (χ4v) is 8.48. The molecule has 2 saturated heterocycles. The van der Waals surface area contributed by atoms with Gasteiger partial charge in [0.2, 0.25) is 0 Å². The largest absolute Gasteiger partial charge is 0.301 e. The fourth-order valence-electron chi connectivity index (χ4n) is 7.76. The van der Waals surface area contributed by atoms with E-state index in [1.807, 2.05) is 59.4 Å². The van der Waals surface area contributed by atoms with Gasteiger partial charge in [-0.1, -0.05) is 58.5 Å². The van der Waals surface area contributed by atoms with E-state index in [1.165, 1.54) is 0 Å². The molecule has 52 heavy (non-hydrogen) atoms. The van der Waals surface area contributed by atoms with E-state index in [1.54, 1.807) is 0 Å². The molecule has 0 bridgehead atoms. The Kier molecular flexibility index (Phi) is 14.3. The van der Waals surface area contributed by atoms with Crippen LogP contribution >= 0.6 is 31.9 Å². The van der Waals surface area contributed by atoms with Crippen molar-refractivity contribution >= 4 is 53.7 Å². The van der Waals surface area contributed by atoms with Crippen molar-refractivity contribution in [2.75, 3.05) is 53.4 Å². The molecule has 6 rings (SSSR count). The molecule has 0 saturated carbocycles. The van der Waals surface area contributed by atoms with Crippen LogP contribution in [0.25, 0.3) is 21.8 Å². The summed E-state index contributed by atoms with van der Waals surface area (Å²) in [7, 11) is 4.37. The van der Waals surface area contributed by atoms with Gasteiger partial charge in [0.15, 0.2) is 0 Å². The average Bonchev–Trinajstić information content (AvgIpc) is 3.13. The maximum absolute atomic E-state index is 13.1. The third-order valence-corrected chi connectivity index (χ3v) is 12.1. The Morgan fingerprint density at radius 3 is 1.37 bits per heavy atom. The molecular weight excluding hydrogens is 784 g/mol. The van der Waals surface area contributed by atoms with Crippen LogP contribution in [0.4, 0.5) is 0 Å². The van der Waals surface area contributed by atoms with E-state index in [0.717, 1.165) is 96.6 Å². The Balaban J connectivity index is 0.000000201. The van der Waals surface area contributed by atoms with E-state index in [0.29, 0.717) is 35.9 Å². The highest BCUT2D eigenvalue weighted by Gasteiger charge is 2.31. The lowest BCUT2D eigenvalue weighted by atomic mass is 10.1. The van der Waals surface area contributed by atoms with Crippen molar-refractivity contribution in [1.82, 2.24) is 38.7 Å². The van der Waals surface area contributed by atoms with Crippen LogP contribution in [0.2, 0.25) is 0 Å². The number of fused-ring (bicyclic) bond motifs is 2. The standard InChI is InChI=1S/2C20H29BrN4O/c2*1-5-7-18(24-11-10-23(4)14(3)13-24)19-22-17-9-8-15(21)12-16(17)20(26)25(19)6-2/h2*8-9,12,14,18H,5-7,10-11,13H2,1-4H3/t14-,18+;14-,18-/m11/s1. The van der Waals surface area contributed by atoms with Gasteiger partial charge in [0.25, 0.3) is 11.1 Å². The highest BCUT2D eigenvalue weighted by molar-refractivity contribution is 9.10. The Bertz CT molecular complexity index is 1810. The SMILES string of the molecule is CCC[C@@H](c1nc2ccc(Br)cc2c(=O)n1CC)N1CCN(C)[C@H](C)C1.CCC[C@H](c1nc2ccc(Br)cc2c(=O)n1CC)N1CCN(C)[C@H](C)C1. The molecule has 10 nitrogen and oxygen atoms in total. The van der Waals surface area contributed by atoms with Gasteiger partial charge in [0.05, 0.1) is 33.9 Å². The topological polar surface area (TPSA) is 82.7 Å². The molecule has 2 aromatic heterocycles. The number of hydrogen-bond acceptors (Lipinski definition) is 8. The van der Waals surface area contributed by atoms with Crippen molar-refractivity contribution in [3.05, 3.63) is 77.7 Å². The molecule has 4 heterocycles. The summed E-state index contributed by atoms with van der Waals surface area (Å²) in [4.78, 5) is 46.0. The highest BCUT2D eigenvalue weighted by atomic mass is 79.9. The van der Waals surface area contributed by atoms with Crippen LogP contribution < -0.4 is 11.1 Å². The summed E-state index contributed by atoms with van der Waals surface area (Å²) in [6.45, 7) is 20.5. The predicted molar refractivity (Wildman–Crippen MR) is 221 cm³/mol. The third-order valence-electron chi connectivity index (χ3n) is 11.1. The molecule has 2 aliphatic heterocycles. The first kappa shape index (κ1) is 40.7. The van der Waals surface area contributed by atoms with E-state index in [9.17, 15) is 9.59 Å². The second kappa shape index (κ2) is 18.2. The molecule has 284 valence electrons. The zero-order chi connectivity index (χ0) is 37.7. The van der Waals surface area contributed by atoms with Crippen LogP contribution in [0, 0.1) is 0 Å². The summed E-state index contributed by atoms with van der Waals surface area (Å²) in [6.07, 6.45) is 4.18. The van der Waals surface area contributed by atoms with E-state index in [-0.39, 0.29) is 23.2 Å². The number of hydrogen-bond donors (Lipinski definition) is 0. The molecular formula is C40H58Br2N8O2. The van der Waals surface area contributed by atoms with Crippen LogP contribution in [0.1, 0.15) is 91.0 Å². The number of rotatable bonds is 10. The van der Waals surface area contributed by atoms with Gasteiger partial charge in [0, 0.05) is 73.4 Å². The normalized spacial score (nSPS) is 20.6. The Hall–Kier alpha value is -2.48. The summed E-state index contributed by atoms with van der Waals surface area (Å²) in [5, 5.41) is 1.37. The Morgan fingerprint density at radius 1 is 0.654 bits per heavy atom. The minimum atomic E-state index is 0.0667. The van der Waals surface area contributed by atoms with Crippen molar-refractivity contribution in [1.29, 1.82) is 0 Å². The van der Waals surface area contributed by atoms with Gasteiger partial charge in [0.1, 0.15) is 11.6 Å². The fraction of sp³-hybridized carbons (Fsp3) is 0.600. The Morgan fingerprint density at radius 2 is 1.04 bits per heavy atom. The summed E-state index contributed by atoms with van der Waals surface area (Å²) < 4.78 is 5.57. The third kappa shape index (κ3) is 8.90. The first-order chi connectivity index (χ1) is 24.9. The van der Waals surface area contributed by atoms with Gasteiger partial charge in [-0.3, -0.25) is 28.5 Å². The maximum Gasteiger partial charge on any atom is 0.261 e. The van der Waals surface area contributed by atoms with E-state index < -0.39 is 0 Å². The number of likely N-dealkylation sites (N-methyl/N-ethyl adjacent to an activating group) is 2. The molecule has 0 radical (unpaired) electrons. The molecule has 12 heteroatoms. The molecule has 2 aliphatic rings. The maximum atomic E-state index is 13.1. The lowest BCUT2D eigenvalue weighted by molar-refractivity contribution is 0.0631. The van der Waals surface area contributed by atoms with Crippen molar-refractivity contribution in [2.24, 2.45) is 0 Å². The lowest BCUT2D eigenvalue weighted by Crippen LogP contribution is -2.51. The number of halogens is 2. The second-order valence-electron chi connectivity index (χ2n) is 14.6. The molecule has 0 aliphatic carbocycles. The van der Waals surface area contributed by atoms with Crippen molar-refractivity contribution in [3.63, 3.8) is 0 Å². The number of aromatic nitrogens is 4. The second-order valence-corrected chi connectivity index (χ2v) is 16.5. The average molecular weight is 843 g/mol. The number of piperazine rings is 2. The smallest absolute Gasteiger partial charge is 0.261 e. The van der Waals surface area contributed by atoms with Gasteiger partial charge in [-0.25, -0.2) is 9.97 Å². The zero-order valence-electron chi connectivity index (χ0n) is 32.4. The van der Waals surface area contributed by atoms with E-state index in [4.69, 9.17) is 9.97 Å². The Labute approximate surface area is 326 Å². The molecule has 2 aromatic carbocycles. The van der Waals surface area contributed by atoms with Crippen LogP contribution in [0.5, 0.6) is 0 Å². The minimum absolute atomic E-state index is 0.0667. The summed E-state index contributed by atoms with van der Waals surface area (Å²) in [5.41, 5.74) is 1.72. The first-order valence-corrected chi connectivity index (χ1v) is 20.8.